The van der Waals surface area contributed by atoms with Gasteiger partial charge >= 0.3 is 11.9 Å². The maximum Gasteiger partial charge on any atom is 0.336 e. The van der Waals surface area contributed by atoms with Gasteiger partial charge in [-0.3, -0.25) is 4.79 Å². The molecule has 1 amide bonds. The molecule has 45 heavy (non-hydrogen) atoms. The molecule has 8 heteroatoms. The van der Waals surface area contributed by atoms with Crippen LogP contribution in [0.15, 0.2) is 120 Å². The summed E-state index contributed by atoms with van der Waals surface area (Å²) in [4.78, 5) is 36.7. The molecule has 0 unspecified atom stereocenters. The average Bonchev–Trinajstić information content (AvgIpc) is 3.47. The molecule has 6 aromatic rings. The number of hydrogen-bond acceptors (Lipinski definition) is 6. The summed E-state index contributed by atoms with van der Waals surface area (Å²) in [5.74, 6) is -1.60. The summed E-state index contributed by atoms with van der Waals surface area (Å²) in [6.45, 7) is 0. The first-order valence-corrected chi connectivity index (χ1v) is 15.5. The highest BCUT2D eigenvalue weighted by Crippen LogP contribution is 2.36. The highest BCUT2D eigenvalue weighted by molar-refractivity contribution is 7.98. The van der Waals surface area contributed by atoms with Gasteiger partial charge in [0.1, 0.15) is 17.2 Å². The van der Waals surface area contributed by atoms with Gasteiger partial charge < -0.3 is 19.6 Å². The normalized spacial score (nSPS) is 11.8. The number of amides is 1. The zero-order chi connectivity index (χ0) is 31.3. The zero-order valence-electron chi connectivity index (χ0n) is 24.4. The number of carbonyl (C=O) groups is 3. The van der Waals surface area contributed by atoms with Crippen LogP contribution < -0.4 is 5.32 Å². The number of thioether (sulfide) groups is 1. The van der Waals surface area contributed by atoms with Gasteiger partial charge in [0.25, 0.3) is 5.91 Å². The molecule has 0 radical (unpaired) electrons. The van der Waals surface area contributed by atoms with Crippen molar-refractivity contribution in [2.45, 2.75) is 11.8 Å². The van der Waals surface area contributed by atoms with Gasteiger partial charge in [-0.15, -0.1) is 0 Å². The second-order valence-electron chi connectivity index (χ2n) is 10.5. The molecule has 0 saturated heterocycles. The van der Waals surface area contributed by atoms with E-state index in [1.54, 1.807) is 12.1 Å². The third kappa shape index (κ3) is 6.32. The number of esters is 1. The number of carbonyl (C=O) groups excluding carboxylic acids is 2. The SMILES string of the molecule is COC(=O)[C@H](CSCc1ccc(-c2ccc(-c3cccc4c3oc3ccccc34)cc2)cc1)NC(=O)c1ccccc1C(=O)O. The lowest BCUT2D eigenvalue weighted by Gasteiger charge is -2.17. The minimum atomic E-state index is -1.22. The van der Waals surface area contributed by atoms with E-state index in [0.29, 0.717) is 5.75 Å². The Morgan fingerprint density at radius 1 is 0.756 bits per heavy atom. The van der Waals surface area contributed by atoms with Crippen LogP contribution in [-0.4, -0.2) is 41.9 Å². The van der Waals surface area contributed by atoms with Crippen molar-refractivity contribution in [1.82, 2.24) is 5.32 Å². The molecule has 0 bridgehead atoms. The predicted molar refractivity (Wildman–Crippen MR) is 177 cm³/mol. The molecular weight excluding hydrogens is 586 g/mol. The van der Waals surface area contributed by atoms with Gasteiger partial charge in [-0.05, 0) is 40.5 Å². The molecule has 7 nitrogen and oxygen atoms in total. The number of hydrogen-bond donors (Lipinski definition) is 2. The molecule has 0 spiro atoms. The molecular formula is C37H29NO6S. The van der Waals surface area contributed by atoms with Crippen LogP contribution in [0.4, 0.5) is 0 Å². The smallest absolute Gasteiger partial charge is 0.336 e. The first-order valence-electron chi connectivity index (χ1n) is 14.3. The molecule has 0 aliphatic rings. The number of carboxylic acids is 1. The Labute approximate surface area is 263 Å². The Morgan fingerprint density at radius 3 is 2.09 bits per heavy atom. The van der Waals surface area contributed by atoms with Gasteiger partial charge in [-0.2, -0.15) is 11.8 Å². The molecule has 1 heterocycles. The van der Waals surface area contributed by atoms with Gasteiger partial charge in [0, 0.05) is 27.8 Å². The van der Waals surface area contributed by atoms with E-state index in [9.17, 15) is 19.5 Å². The summed E-state index contributed by atoms with van der Waals surface area (Å²) < 4.78 is 11.1. The number of carboxylic acid groups (broad SMARTS) is 1. The first kappa shape index (κ1) is 29.7. The van der Waals surface area contributed by atoms with Crippen molar-refractivity contribution in [1.29, 1.82) is 0 Å². The number of rotatable bonds is 10. The van der Waals surface area contributed by atoms with Crippen LogP contribution in [0, 0.1) is 0 Å². The van der Waals surface area contributed by atoms with Crippen LogP contribution in [0.1, 0.15) is 26.3 Å². The highest BCUT2D eigenvalue weighted by atomic mass is 32.2. The summed E-state index contributed by atoms with van der Waals surface area (Å²) in [5, 5.41) is 14.2. The van der Waals surface area contributed by atoms with E-state index in [4.69, 9.17) is 9.15 Å². The number of aromatic carboxylic acids is 1. The highest BCUT2D eigenvalue weighted by Gasteiger charge is 2.24. The number of benzene rings is 5. The fraction of sp³-hybridized carbons (Fsp3) is 0.108. The van der Waals surface area contributed by atoms with Gasteiger partial charge in [-0.1, -0.05) is 97.1 Å². The van der Waals surface area contributed by atoms with Crippen molar-refractivity contribution in [2.75, 3.05) is 12.9 Å². The number of nitrogens with one attached hydrogen (secondary N) is 1. The lowest BCUT2D eigenvalue weighted by Crippen LogP contribution is -2.43. The minimum absolute atomic E-state index is 0.0147. The first-order chi connectivity index (χ1) is 21.9. The molecule has 6 rings (SSSR count). The standard InChI is InChI=1S/C37H29NO6S/c1-43-37(42)32(38-35(39)30-8-2-3-9-31(30)36(40)41)22-45-21-23-13-15-24(16-14-23)25-17-19-26(20-18-25)27-10-6-11-29-28-7-4-5-12-33(28)44-34(27)29/h2-20,32H,21-22H2,1H3,(H,38,39)(H,40,41)/t32-/m0/s1. The number of furan rings is 1. The van der Waals surface area contributed by atoms with Gasteiger partial charge in [0.15, 0.2) is 0 Å². The van der Waals surface area contributed by atoms with Crippen molar-refractivity contribution < 1.29 is 28.6 Å². The van der Waals surface area contributed by atoms with Crippen LogP contribution in [0.3, 0.4) is 0 Å². The van der Waals surface area contributed by atoms with E-state index in [1.807, 2.05) is 30.3 Å². The topological polar surface area (TPSA) is 106 Å². The maximum absolute atomic E-state index is 12.8. The second-order valence-corrected chi connectivity index (χ2v) is 11.5. The summed E-state index contributed by atoms with van der Waals surface area (Å²) in [6.07, 6.45) is 0. The molecule has 224 valence electrons. The van der Waals surface area contributed by atoms with E-state index < -0.39 is 23.9 Å². The van der Waals surface area contributed by atoms with Crippen LogP contribution in [-0.2, 0) is 15.3 Å². The van der Waals surface area contributed by atoms with Crippen molar-refractivity contribution in [2.24, 2.45) is 0 Å². The Morgan fingerprint density at radius 2 is 1.38 bits per heavy atom. The van der Waals surface area contributed by atoms with Gasteiger partial charge in [0.05, 0.1) is 18.2 Å². The van der Waals surface area contributed by atoms with E-state index >= 15 is 0 Å². The Balaban J connectivity index is 1.10. The minimum Gasteiger partial charge on any atom is -0.478 e. The molecule has 0 aliphatic heterocycles. The lowest BCUT2D eigenvalue weighted by atomic mass is 9.98. The van der Waals surface area contributed by atoms with E-state index in [-0.39, 0.29) is 16.9 Å². The van der Waals surface area contributed by atoms with E-state index in [1.165, 1.54) is 31.0 Å². The maximum atomic E-state index is 12.8. The molecule has 0 saturated carbocycles. The monoisotopic (exact) mass is 615 g/mol. The van der Waals surface area contributed by atoms with Crippen molar-refractivity contribution in [3.05, 3.63) is 132 Å². The fourth-order valence-corrected chi connectivity index (χ4v) is 6.32. The number of fused-ring (bicyclic) bond motifs is 3. The quantitative estimate of drug-likeness (QED) is 0.151. The Kier molecular flexibility index (Phi) is 8.66. The molecule has 0 fully saturated rings. The number of para-hydroxylation sites is 2. The van der Waals surface area contributed by atoms with Gasteiger partial charge in [-0.25, -0.2) is 9.59 Å². The largest absolute Gasteiger partial charge is 0.478 e. The van der Waals surface area contributed by atoms with Crippen molar-refractivity contribution >= 4 is 51.5 Å². The molecule has 1 aromatic heterocycles. The molecule has 0 aliphatic carbocycles. The summed E-state index contributed by atoms with van der Waals surface area (Å²) >= 11 is 1.47. The number of methoxy groups -OCH3 is 1. The van der Waals surface area contributed by atoms with Crippen LogP contribution in [0.2, 0.25) is 0 Å². The number of ether oxygens (including phenoxy) is 1. The Bertz CT molecular complexity index is 2010. The van der Waals surface area contributed by atoms with E-state index in [0.717, 1.165) is 49.8 Å². The summed E-state index contributed by atoms with van der Waals surface area (Å²) in [7, 11) is 1.25. The third-order valence-corrected chi connectivity index (χ3v) is 8.74. The van der Waals surface area contributed by atoms with Crippen molar-refractivity contribution in [3.63, 3.8) is 0 Å². The van der Waals surface area contributed by atoms with Crippen molar-refractivity contribution in [3.8, 4) is 22.3 Å². The lowest BCUT2D eigenvalue weighted by molar-refractivity contribution is -0.142. The molecule has 5 aromatic carbocycles. The second kappa shape index (κ2) is 13.1. The van der Waals surface area contributed by atoms with Gasteiger partial charge in [0.2, 0.25) is 0 Å². The zero-order valence-corrected chi connectivity index (χ0v) is 25.2. The third-order valence-electron chi connectivity index (χ3n) is 7.63. The van der Waals surface area contributed by atoms with E-state index in [2.05, 4.69) is 66.0 Å². The summed E-state index contributed by atoms with van der Waals surface area (Å²) in [5.41, 5.74) is 6.96. The van der Waals surface area contributed by atoms with Crippen LogP contribution in [0.5, 0.6) is 0 Å². The Hall–Kier alpha value is -5.34. The molecule has 1 atom stereocenters. The fourth-order valence-electron chi connectivity index (χ4n) is 5.32. The average molecular weight is 616 g/mol. The van der Waals surface area contributed by atoms with Crippen LogP contribution in [0.25, 0.3) is 44.2 Å². The summed E-state index contributed by atoms with van der Waals surface area (Å²) in [6, 6.07) is 35.9. The molecule has 2 N–H and O–H groups in total. The predicted octanol–water partition coefficient (Wildman–Crippen LogP) is 7.82. The van der Waals surface area contributed by atoms with Crippen LogP contribution >= 0.6 is 11.8 Å².